The molecule has 1 saturated heterocycles. The van der Waals surface area contributed by atoms with Gasteiger partial charge in [0.1, 0.15) is 11.5 Å². The quantitative estimate of drug-likeness (QED) is 0.819. The third-order valence-electron chi connectivity index (χ3n) is 4.30. The first-order valence-electron chi connectivity index (χ1n) is 8.57. The average molecular weight is 390 g/mol. The molecule has 1 aliphatic rings. The van der Waals surface area contributed by atoms with E-state index in [0.29, 0.717) is 35.8 Å². The second-order valence-corrected chi connectivity index (χ2v) is 8.24. The largest absolute Gasteiger partial charge is 0.494 e. The van der Waals surface area contributed by atoms with Crippen LogP contribution in [0.5, 0.6) is 11.5 Å². The number of ether oxygens (including phenoxy) is 2. The van der Waals surface area contributed by atoms with Gasteiger partial charge in [-0.15, -0.1) is 0 Å². The molecule has 3 rings (SSSR count). The van der Waals surface area contributed by atoms with E-state index in [9.17, 15) is 13.2 Å². The van der Waals surface area contributed by atoms with Crippen LogP contribution in [-0.2, 0) is 14.8 Å². The third-order valence-corrected chi connectivity index (χ3v) is 6.17. The van der Waals surface area contributed by atoms with E-state index in [4.69, 9.17) is 9.47 Å². The lowest BCUT2D eigenvalue weighted by Crippen LogP contribution is -2.25. The van der Waals surface area contributed by atoms with Crippen LogP contribution in [0.4, 0.5) is 11.4 Å². The fourth-order valence-electron chi connectivity index (χ4n) is 2.92. The second kappa shape index (κ2) is 7.87. The molecule has 8 heteroatoms. The SMILES string of the molecule is COc1cc(N2CCCS2(=O)=O)ccc1NC(=O)COc1ccccc1C. The molecule has 0 aliphatic carbocycles. The van der Waals surface area contributed by atoms with Gasteiger partial charge in [-0.25, -0.2) is 8.42 Å². The zero-order valence-corrected chi connectivity index (χ0v) is 16.1. The van der Waals surface area contributed by atoms with E-state index in [1.807, 2.05) is 25.1 Å². The Bertz CT molecular complexity index is 943. The Morgan fingerprint density at radius 2 is 1.96 bits per heavy atom. The zero-order valence-electron chi connectivity index (χ0n) is 15.3. The van der Waals surface area contributed by atoms with Crippen LogP contribution in [0.2, 0.25) is 0 Å². The number of carbonyl (C=O) groups is 1. The molecule has 144 valence electrons. The molecule has 1 aliphatic heterocycles. The predicted octanol–water partition coefficient (Wildman–Crippen LogP) is 2.56. The zero-order chi connectivity index (χ0) is 19.4. The minimum Gasteiger partial charge on any atom is -0.494 e. The molecule has 0 spiro atoms. The molecule has 0 aromatic heterocycles. The minimum absolute atomic E-state index is 0.143. The van der Waals surface area contributed by atoms with Crippen molar-refractivity contribution < 1.29 is 22.7 Å². The Kier molecular flexibility index (Phi) is 5.55. The minimum atomic E-state index is -3.27. The van der Waals surface area contributed by atoms with Crippen molar-refractivity contribution in [2.45, 2.75) is 13.3 Å². The smallest absolute Gasteiger partial charge is 0.262 e. The molecule has 1 fully saturated rings. The van der Waals surface area contributed by atoms with E-state index in [0.717, 1.165) is 5.56 Å². The molecule has 1 N–H and O–H groups in total. The summed E-state index contributed by atoms with van der Waals surface area (Å²) in [5.74, 6) is 0.843. The number of anilines is 2. The number of nitrogens with one attached hydrogen (secondary N) is 1. The van der Waals surface area contributed by atoms with Gasteiger partial charge in [-0.3, -0.25) is 9.10 Å². The summed E-state index contributed by atoms with van der Waals surface area (Å²) in [6, 6.07) is 12.3. The molecule has 0 atom stereocenters. The number of sulfonamides is 1. The molecular weight excluding hydrogens is 368 g/mol. The van der Waals surface area contributed by atoms with E-state index >= 15 is 0 Å². The van der Waals surface area contributed by atoms with Crippen LogP contribution in [0.15, 0.2) is 42.5 Å². The van der Waals surface area contributed by atoms with Gasteiger partial charge in [0, 0.05) is 12.6 Å². The summed E-state index contributed by atoms with van der Waals surface area (Å²) in [5, 5.41) is 2.73. The number of hydrogen-bond acceptors (Lipinski definition) is 5. The van der Waals surface area contributed by atoms with Crippen molar-refractivity contribution in [3.8, 4) is 11.5 Å². The van der Waals surface area contributed by atoms with Crippen LogP contribution >= 0.6 is 0 Å². The Labute approximate surface area is 158 Å². The van der Waals surface area contributed by atoms with Gasteiger partial charge in [-0.2, -0.15) is 0 Å². The van der Waals surface area contributed by atoms with Crippen molar-refractivity contribution in [2.24, 2.45) is 0 Å². The molecule has 2 aromatic rings. The number of para-hydroxylation sites is 1. The predicted molar refractivity (Wildman–Crippen MR) is 104 cm³/mol. The highest BCUT2D eigenvalue weighted by molar-refractivity contribution is 7.93. The van der Waals surface area contributed by atoms with E-state index < -0.39 is 10.0 Å². The topological polar surface area (TPSA) is 84.9 Å². The number of hydrogen-bond donors (Lipinski definition) is 1. The van der Waals surface area contributed by atoms with Gasteiger partial charge in [0.15, 0.2) is 6.61 Å². The van der Waals surface area contributed by atoms with Gasteiger partial charge < -0.3 is 14.8 Å². The van der Waals surface area contributed by atoms with Gasteiger partial charge in [0.2, 0.25) is 10.0 Å². The first-order chi connectivity index (χ1) is 12.9. The maximum atomic E-state index is 12.2. The Hall–Kier alpha value is -2.74. The molecule has 0 unspecified atom stereocenters. The van der Waals surface area contributed by atoms with Crippen molar-refractivity contribution in [1.29, 1.82) is 0 Å². The number of aryl methyl sites for hydroxylation is 1. The highest BCUT2D eigenvalue weighted by atomic mass is 32.2. The van der Waals surface area contributed by atoms with E-state index in [-0.39, 0.29) is 18.3 Å². The standard InChI is InChI=1S/C19H22N2O5S/c1-14-6-3-4-7-17(14)26-13-19(22)20-16-9-8-15(12-18(16)25-2)21-10-5-11-27(21,23)24/h3-4,6-9,12H,5,10-11,13H2,1-2H3,(H,20,22). The summed E-state index contributed by atoms with van der Waals surface area (Å²) in [6.45, 7) is 2.21. The van der Waals surface area contributed by atoms with Gasteiger partial charge in [0.05, 0.1) is 24.2 Å². The van der Waals surface area contributed by atoms with Crippen LogP contribution < -0.4 is 19.1 Å². The van der Waals surface area contributed by atoms with Crippen molar-refractivity contribution >= 4 is 27.3 Å². The highest BCUT2D eigenvalue weighted by Gasteiger charge is 2.29. The lowest BCUT2D eigenvalue weighted by molar-refractivity contribution is -0.118. The normalized spacial score (nSPS) is 15.4. The maximum Gasteiger partial charge on any atom is 0.262 e. The summed E-state index contributed by atoms with van der Waals surface area (Å²) in [5.41, 5.74) is 1.92. The van der Waals surface area contributed by atoms with E-state index in [2.05, 4.69) is 5.32 Å². The summed E-state index contributed by atoms with van der Waals surface area (Å²) in [6.07, 6.45) is 0.597. The summed E-state index contributed by atoms with van der Waals surface area (Å²) >= 11 is 0. The van der Waals surface area contributed by atoms with Crippen molar-refractivity contribution in [3.63, 3.8) is 0 Å². The fraction of sp³-hybridized carbons (Fsp3) is 0.316. The first-order valence-corrected chi connectivity index (χ1v) is 10.2. The molecular formula is C19H22N2O5S. The number of amides is 1. The molecule has 7 nitrogen and oxygen atoms in total. The molecule has 0 bridgehead atoms. The third kappa shape index (κ3) is 4.33. The Morgan fingerprint density at radius 1 is 1.19 bits per heavy atom. The molecule has 1 heterocycles. The first kappa shape index (κ1) is 19.0. The summed E-state index contributed by atoms with van der Waals surface area (Å²) < 4.78 is 36.4. The number of nitrogens with zero attached hydrogens (tertiary/aromatic N) is 1. The molecule has 1 amide bonds. The van der Waals surface area contributed by atoms with Gasteiger partial charge in [-0.1, -0.05) is 18.2 Å². The van der Waals surface area contributed by atoms with Gasteiger partial charge in [0.25, 0.3) is 5.91 Å². The Morgan fingerprint density at radius 3 is 2.63 bits per heavy atom. The van der Waals surface area contributed by atoms with Crippen LogP contribution in [0.1, 0.15) is 12.0 Å². The average Bonchev–Trinajstić information content (AvgIpc) is 3.00. The fourth-order valence-corrected chi connectivity index (χ4v) is 4.47. The number of carbonyl (C=O) groups excluding carboxylic acids is 1. The summed E-state index contributed by atoms with van der Waals surface area (Å²) in [7, 11) is -1.80. The van der Waals surface area contributed by atoms with Crippen LogP contribution in [0.25, 0.3) is 0 Å². The Balaban J connectivity index is 1.69. The summed E-state index contributed by atoms with van der Waals surface area (Å²) in [4.78, 5) is 12.2. The molecule has 2 aromatic carbocycles. The van der Waals surface area contributed by atoms with Crippen molar-refractivity contribution in [1.82, 2.24) is 0 Å². The lowest BCUT2D eigenvalue weighted by Gasteiger charge is -2.19. The van der Waals surface area contributed by atoms with Gasteiger partial charge in [-0.05, 0) is 37.1 Å². The molecule has 0 saturated carbocycles. The number of methoxy groups -OCH3 is 1. The molecule has 0 radical (unpaired) electrons. The van der Waals surface area contributed by atoms with Gasteiger partial charge >= 0.3 is 0 Å². The van der Waals surface area contributed by atoms with Crippen LogP contribution in [-0.4, -0.2) is 40.3 Å². The second-order valence-electron chi connectivity index (χ2n) is 6.23. The maximum absolute atomic E-state index is 12.2. The van der Waals surface area contributed by atoms with Crippen LogP contribution in [0, 0.1) is 6.92 Å². The van der Waals surface area contributed by atoms with Crippen molar-refractivity contribution in [3.05, 3.63) is 48.0 Å². The monoisotopic (exact) mass is 390 g/mol. The highest BCUT2D eigenvalue weighted by Crippen LogP contribution is 2.32. The van der Waals surface area contributed by atoms with Crippen molar-refractivity contribution in [2.75, 3.05) is 35.6 Å². The van der Waals surface area contributed by atoms with Crippen LogP contribution in [0.3, 0.4) is 0 Å². The number of benzene rings is 2. The number of rotatable bonds is 6. The van der Waals surface area contributed by atoms with E-state index in [1.165, 1.54) is 11.4 Å². The lowest BCUT2D eigenvalue weighted by atomic mass is 10.2. The molecule has 27 heavy (non-hydrogen) atoms. The van der Waals surface area contributed by atoms with E-state index in [1.54, 1.807) is 24.3 Å².